The summed E-state index contributed by atoms with van der Waals surface area (Å²) in [5, 5.41) is 3.55. The molecule has 1 aliphatic rings. The SMILES string of the molecule is CCCCCCCCCCCCCCCC1OB(c2ccccc2)OCC1NCC. The topological polar surface area (TPSA) is 30.5 Å². The van der Waals surface area contributed by atoms with Gasteiger partial charge in [-0.1, -0.05) is 128 Å². The second kappa shape index (κ2) is 16.8. The van der Waals surface area contributed by atoms with Crippen molar-refractivity contribution < 1.29 is 9.31 Å². The minimum Gasteiger partial charge on any atom is -0.406 e. The summed E-state index contributed by atoms with van der Waals surface area (Å²) in [6.07, 6.45) is 19.5. The first-order chi connectivity index (χ1) is 14.8. The fraction of sp³-hybridized carbons (Fsp3) is 0.769. The summed E-state index contributed by atoms with van der Waals surface area (Å²) in [5.74, 6) is 0. The Morgan fingerprint density at radius 2 is 1.37 bits per heavy atom. The van der Waals surface area contributed by atoms with Crippen molar-refractivity contribution in [1.82, 2.24) is 5.32 Å². The summed E-state index contributed by atoms with van der Waals surface area (Å²) in [5.41, 5.74) is 1.13. The molecule has 1 aromatic rings. The van der Waals surface area contributed by atoms with Gasteiger partial charge in [0, 0.05) is 6.61 Å². The molecule has 2 atom stereocenters. The molecule has 3 nitrogen and oxygen atoms in total. The van der Waals surface area contributed by atoms with Crippen molar-refractivity contribution in [2.24, 2.45) is 0 Å². The molecule has 2 unspecified atom stereocenters. The summed E-state index contributed by atoms with van der Waals surface area (Å²) in [6, 6.07) is 10.7. The first-order valence-electron chi connectivity index (χ1n) is 12.9. The van der Waals surface area contributed by atoms with E-state index < -0.39 is 0 Å². The maximum atomic E-state index is 6.36. The molecule has 170 valence electrons. The Kier molecular flexibility index (Phi) is 14.2. The molecule has 0 spiro atoms. The molecular formula is C26H46BNO2. The quantitative estimate of drug-likeness (QED) is 0.241. The Balaban J connectivity index is 1.53. The predicted molar refractivity (Wildman–Crippen MR) is 130 cm³/mol. The average Bonchev–Trinajstić information content (AvgIpc) is 2.78. The van der Waals surface area contributed by atoms with Crippen LogP contribution in [0.2, 0.25) is 0 Å². The predicted octanol–water partition coefficient (Wildman–Crippen LogP) is 6.26. The normalized spacial score (nSPS) is 19.3. The Hall–Kier alpha value is -0.835. The Morgan fingerprint density at radius 1 is 0.800 bits per heavy atom. The monoisotopic (exact) mass is 415 g/mol. The molecule has 0 amide bonds. The molecule has 1 N–H and O–H groups in total. The summed E-state index contributed by atoms with van der Waals surface area (Å²) < 4.78 is 12.4. The van der Waals surface area contributed by atoms with E-state index in [1.54, 1.807) is 0 Å². The van der Waals surface area contributed by atoms with E-state index in [1.807, 2.05) is 6.07 Å². The molecule has 1 fully saturated rings. The zero-order chi connectivity index (χ0) is 21.3. The maximum Gasteiger partial charge on any atom is 0.494 e. The fourth-order valence-corrected chi connectivity index (χ4v) is 4.46. The van der Waals surface area contributed by atoms with Gasteiger partial charge in [-0.2, -0.15) is 0 Å². The summed E-state index contributed by atoms with van der Waals surface area (Å²) in [6.45, 7) is 6.14. The van der Waals surface area contributed by atoms with E-state index in [4.69, 9.17) is 9.31 Å². The van der Waals surface area contributed by atoms with Gasteiger partial charge in [0.05, 0.1) is 12.1 Å². The van der Waals surface area contributed by atoms with Crippen LogP contribution in [0.5, 0.6) is 0 Å². The molecule has 30 heavy (non-hydrogen) atoms. The van der Waals surface area contributed by atoms with Crippen LogP contribution in [-0.4, -0.2) is 32.4 Å². The van der Waals surface area contributed by atoms with E-state index in [0.29, 0.717) is 6.04 Å². The van der Waals surface area contributed by atoms with Crippen LogP contribution >= 0.6 is 0 Å². The second-order valence-corrected chi connectivity index (χ2v) is 8.95. The van der Waals surface area contributed by atoms with E-state index in [0.717, 1.165) is 25.0 Å². The van der Waals surface area contributed by atoms with Crippen molar-refractivity contribution in [3.8, 4) is 0 Å². The van der Waals surface area contributed by atoms with Gasteiger partial charge >= 0.3 is 7.12 Å². The van der Waals surface area contributed by atoms with Crippen LogP contribution in [0.3, 0.4) is 0 Å². The highest BCUT2D eigenvalue weighted by molar-refractivity contribution is 6.61. The van der Waals surface area contributed by atoms with Gasteiger partial charge in [-0.3, -0.25) is 0 Å². The van der Waals surface area contributed by atoms with Crippen molar-refractivity contribution in [3.05, 3.63) is 30.3 Å². The number of unbranched alkanes of at least 4 members (excludes halogenated alkanes) is 12. The third-order valence-corrected chi connectivity index (χ3v) is 6.30. The highest BCUT2D eigenvalue weighted by Gasteiger charge is 2.35. The zero-order valence-electron chi connectivity index (χ0n) is 19.7. The third-order valence-electron chi connectivity index (χ3n) is 6.30. The van der Waals surface area contributed by atoms with Gasteiger partial charge in [-0.15, -0.1) is 0 Å². The Labute approximate surface area is 186 Å². The van der Waals surface area contributed by atoms with Crippen molar-refractivity contribution in [2.75, 3.05) is 13.2 Å². The molecule has 0 radical (unpaired) electrons. The molecule has 1 aromatic carbocycles. The highest BCUT2D eigenvalue weighted by Crippen LogP contribution is 2.19. The van der Waals surface area contributed by atoms with Gasteiger partial charge in [-0.25, -0.2) is 0 Å². The number of hydrogen-bond donors (Lipinski definition) is 1. The van der Waals surface area contributed by atoms with Crippen LogP contribution in [0.25, 0.3) is 0 Å². The standard InChI is InChI=1S/C26H46BNO2/c1-3-5-6-7-8-9-10-11-12-13-14-15-19-22-26-25(28-4-2)23-29-27(30-26)24-20-17-16-18-21-24/h16-18,20-21,25-26,28H,3-15,19,22-23H2,1-2H3. The molecular weight excluding hydrogens is 369 g/mol. The van der Waals surface area contributed by atoms with Crippen LogP contribution in [0, 0.1) is 0 Å². The van der Waals surface area contributed by atoms with Crippen LogP contribution in [0.1, 0.15) is 104 Å². The summed E-state index contributed by atoms with van der Waals surface area (Å²) in [4.78, 5) is 0. The summed E-state index contributed by atoms with van der Waals surface area (Å²) >= 11 is 0. The highest BCUT2D eigenvalue weighted by atomic mass is 16.6. The fourth-order valence-electron chi connectivity index (χ4n) is 4.46. The molecule has 0 aromatic heterocycles. The van der Waals surface area contributed by atoms with Gasteiger partial charge in [0.1, 0.15) is 0 Å². The second-order valence-electron chi connectivity index (χ2n) is 8.95. The maximum absolute atomic E-state index is 6.36. The lowest BCUT2D eigenvalue weighted by Crippen LogP contribution is -2.56. The van der Waals surface area contributed by atoms with Gasteiger partial charge in [0.25, 0.3) is 0 Å². The minimum absolute atomic E-state index is 0.215. The van der Waals surface area contributed by atoms with Crippen molar-refractivity contribution in [2.45, 2.75) is 116 Å². The molecule has 1 aliphatic heterocycles. The lowest BCUT2D eigenvalue weighted by Gasteiger charge is -2.36. The van der Waals surface area contributed by atoms with Crippen LogP contribution in [0.4, 0.5) is 0 Å². The number of nitrogens with one attached hydrogen (secondary N) is 1. The first kappa shape index (κ1) is 25.4. The van der Waals surface area contributed by atoms with Crippen LogP contribution in [-0.2, 0) is 9.31 Å². The van der Waals surface area contributed by atoms with Crippen molar-refractivity contribution in [1.29, 1.82) is 0 Å². The number of hydrogen-bond acceptors (Lipinski definition) is 3. The smallest absolute Gasteiger partial charge is 0.406 e. The molecule has 1 heterocycles. The van der Waals surface area contributed by atoms with E-state index in [1.165, 1.54) is 83.5 Å². The van der Waals surface area contributed by atoms with Gasteiger partial charge in [0.15, 0.2) is 0 Å². The molecule has 0 aliphatic carbocycles. The average molecular weight is 415 g/mol. The van der Waals surface area contributed by atoms with E-state index in [-0.39, 0.29) is 13.2 Å². The largest absolute Gasteiger partial charge is 0.494 e. The van der Waals surface area contributed by atoms with Crippen LogP contribution in [0.15, 0.2) is 30.3 Å². The first-order valence-corrected chi connectivity index (χ1v) is 12.9. The van der Waals surface area contributed by atoms with Crippen molar-refractivity contribution in [3.63, 3.8) is 0 Å². The Bertz CT molecular complexity index is 513. The van der Waals surface area contributed by atoms with E-state index in [9.17, 15) is 0 Å². The van der Waals surface area contributed by atoms with Gasteiger partial charge in [-0.05, 0) is 18.4 Å². The number of likely N-dealkylation sites (N-methyl/N-ethyl adjacent to an activating group) is 1. The third kappa shape index (κ3) is 10.5. The van der Waals surface area contributed by atoms with Gasteiger partial charge < -0.3 is 14.6 Å². The molecule has 0 saturated carbocycles. The lowest BCUT2D eigenvalue weighted by molar-refractivity contribution is 0.0339. The lowest BCUT2D eigenvalue weighted by atomic mass is 9.76. The van der Waals surface area contributed by atoms with E-state index in [2.05, 4.69) is 43.4 Å². The molecule has 2 rings (SSSR count). The number of rotatable bonds is 17. The molecule has 4 heteroatoms. The summed E-state index contributed by atoms with van der Waals surface area (Å²) in [7, 11) is -0.215. The van der Waals surface area contributed by atoms with Gasteiger partial charge in [0.2, 0.25) is 0 Å². The molecule has 1 saturated heterocycles. The van der Waals surface area contributed by atoms with E-state index >= 15 is 0 Å². The molecule has 0 bridgehead atoms. The number of benzene rings is 1. The van der Waals surface area contributed by atoms with Crippen molar-refractivity contribution >= 4 is 12.6 Å². The minimum atomic E-state index is -0.215. The Morgan fingerprint density at radius 3 is 1.93 bits per heavy atom. The zero-order valence-corrected chi connectivity index (χ0v) is 19.7. The van der Waals surface area contributed by atoms with Crippen LogP contribution < -0.4 is 10.8 Å².